The van der Waals surface area contributed by atoms with Crippen molar-refractivity contribution in [2.45, 2.75) is 45.6 Å². The topological polar surface area (TPSA) is 44.1 Å². The van der Waals surface area contributed by atoms with Crippen molar-refractivity contribution >= 4 is 0 Å². The molecule has 1 fully saturated rings. The van der Waals surface area contributed by atoms with Gasteiger partial charge in [0.25, 0.3) is 0 Å². The maximum absolute atomic E-state index is 11.6. The maximum Gasteiger partial charge on any atom is 0.347 e. The fourth-order valence-corrected chi connectivity index (χ4v) is 2.43. The molecule has 1 saturated heterocycles. The Labute approximate surface area is 108 Å². The molecule has 0 aromatic carbocycles. The fourth-order valence-electron chi connectivity index (χ4n) is 2.43. The van der Waals surface area contributed by atoms with Gasteiger partial charge in [-0.2, -0.15) is 4.98 Å². The van der Waals surface area contributed by atoms with Gasteiger partial charge in [-0.05, 0) is 38.2 Å². The van der Waals surface area contributed by atoms with Crippen LogP contribution in [0.4, 0.5) is 0 Å². The highest BCUT2D eigenvalue weighted by Crippen LogP contribution is 2.20. The largest absolute Gasteiger partial charge is 0.381 e. The first-order valence-corrected chi connectivity index (χ1v) is 6.87. The van der Waals surface area contributed by atoms with Crippen molar-refractivity contribution in [2.75, 3.05) is 13.2 Å². The van der Waals surface area contributed by atoms with Gasteiger partial charge >= 0.3 is 5.69 Å². The quantitative estimate of drug-likeness (QED) is 0.752. The lowest BCUT2D eigenvalue weighted by Crippen LogP contribution is -2.23. The summed E-state index contributed by atoms with van der Waals surface area (Å²) < 4.78 is 7.05. The SMILES string of the molecule is Cc1ccn(CCCCC2CCOCC2)c(=O)n1. The first-order chi connectivity index (χ1) is 8.75. The molecule has 4 nitrogen and oxygen atoms in total. The van der Waals surface area contributed by atoms with E-state index in [0.717, 1.165) is 37.8 Å². The van der Waals surface area contributed by atoms with Crippen molar-refractivity contribution < 1.29 is 4.74 Å². The van der Waals surface area contributed by atoms with E-state index in [1.807, 2.05) is 19.2 Å². The molecule has 0 atom stereocenters. The van der Waals surface area contributed by atoms with E-state index < -0.39 is 0 Å². The third kappa shape index (κ3) is 3.95. The average molecular weight is 250 g/mol. The summed E-state index contributed by atoms with van der Waals surface area (Å²) in [5.41, 5.74) is 0.666. The molecule has 1 aromatic rings. The number of rotatable bonds is 5. The molecule has 2 rings (SSSR count). The van der Waals surface area contributed by atoms with Crippen LogP contribution in [0, 0.1) is 12.8 Å². The van der Waals surface area contributed by atoms with Crippen molar-refractivity contribution in [1.82, 2.24) is 9.55 Å². The molecule has 0 N–H and O–H groups in total. The highest BCUT2D eigenvalue weighted by molar-refractivity contribution is 4.95. The van der Waals surface area contributed by atoms with Crippen LogP contribution in [-0.4, -0.2) is 22.8 Å². The Hall–Kier alpha value is -1.16. The zero-order valence-electron chi connectivity index (χ0n) is 11.1. The summed E-state index contributed by atoms with van der Waals surface area (Å²) in [6.45, 7) is 4.48. The number of nitrogens with zero attached hydrogens (tertiary/aromatic N) is 2. The molecule has 0 bridgehead atoms. The summed E-state index contributed by atoms with van der Waals surface area (Å²) in [5, 5.41) is 0. The van der Waals surface area contributed by atoms with Crippen molar-refractivity contribution in [3.05, 3.63) is 28.4 Å². The molecule has 2 heterocycles. The Morgan fingerprint density at radius 3 is 2.89 bits per heavy atom. The van der Waals surface area contributed by atoms with Gasteiger partial charge < -0.3 is 4.74 Å². The van der Waals surface area contributed by atoms with Crippen LogP contribution in [0.5, 0.6) is 0 Å². The molecule has 1 aliphatic rings. The normalized spacial score (nSPS) is 16.9. The van der Waals surface area contributed by atoms with Gasteiger partial charge in [0.05, 0.1) is 0 Å². The molecular weight excluding hydrogens is 228 g/mol. The third-order valence-corrected chi connectivity index (χ3v) is 3.62. The van der Waals surface area contributed by atoms with Crippen molar-refractivity contribution in [3.8, 4) is 0 Å². The minimum Gasteiger partial charge on any atom is -0.381 e. The zero-order valence-corrected chi connectivity index (χ0v) is 11.1. The number of aromatic nitrogens is 2. The summed E-state index contributed by atoms with van der Waals surface area (Å²) in [5.74, 6) is 0.826. The molecule has 100 valence electrons. The number of hydrogen-bond donors (Lipinski definition) is 0. The van der Waals surface area contributed by atoms with Gasteiger partial charge in [0.2, 0.25) is 0 Å². The van der Waals surface area contributed by atoms with Crippen LogP contribution >= 0.6 is 0 Å². The predicted molar refractivity (Wildman–Crippen MR) is 70.6 cm³/mol. The average Bonchev–Trinajstić information content (AvgIpc) is 2.38. The Kier molecular flexibility index (Phi) is 4.93. The van der Waals surface area contributed by atoms with E-state index in [2.05, 4.69) is 4.98 Å². The predicted octanol–water partition coefficient (Wildman–Crippen LogP) is 2.15. The van der Waals surface area contributed by atoms with Gasteiger partial charge in [0.1, 0.15) is 0 Å². The molecule has 0 saturated carbocycles. The molecule has 18 heavy (non-hydrogen) atoms. The van der Waals surface area contributed by atoms with E-state index in [0.29, 0.717) is 0 Å². The van der Waals surface area contributed by atoms with Crippen LogP contribution in [0.15, 0.2) is 17.1 Å². The molecule has 1 aliphatic heterocycles. The maximum atomic E-state index is 11.6. The second kappa shape index (κ2) is 6.69. The van der Waals surface area contributed by atoms with Gasteiger partial charge in [0.15, 0.2) is 0 Å². The number of ether oxygens (including phenoxy) is 1. The van der Waals surface area contributed by atoms with Crippen molar-refractivity contribution in [3.63, 3.8) is 0 Å². The molecule has 0 aliphatic carbocycles. The lowest BCUT2D eigenvalue weighted by atomic mass is 9.94. The molecule has 4 heteroatoms. The number of hydrogen-bond acceptors (Lipinski definition) is 3. The number of aryl methyl sites for hydroxylation is 2. The molecule has 0 amide bonds. The minimum atomic E-state index is -0.124. The van der Waals surface area contributed by atoms with Gasteiger partial charge in [-0.15, -0.1) is 0 Å². The molecule has 0 unspecified atom stereocenters. The van der Waals surface area contributed by atoms with Gasteiger partial charge in [0, 0.05) is 31.6 Å². The molecular formula is C14H22N2O2. The van der Waals surface area contributed by atoms with E-state index in [1.165, 1.54) is 25.7 Å². The third-order valence-electron chi connectivity index (χ3n) is 3.62. The lowest BCUT2D eigenvalue weighted by molar-refractivity contribution is 0.0630. The Morgan fingerprint density at radius 2 is 2.17 bits per heavy atom. The Morgan fingerprint density at radius 1 is 1.39 bits per heavy atom. The first kappa shape index (κ1) is 13.3. The van der Waals surface area contributed by atoms with Gasteiger partial charge in [-0.3, -0.25) is 4.57 Å². The fraction of sp³-hybridized carbons (Fsp3) is 0.714. The van der Waals surface area contributed by atoms with Crippen LogP contribution in [0.25, 0.3) is 0 Å². The zero-order chi connectivity index (χ0) is 12.8. The highest BCUT2D eigenvalue weighted by Gasteiger charge is 2.12. The highest BCUT2D eigenvalue weighted by atomic mass is 16.5. The summed E-state index contributed by atoms with van der Waals surface area (Å²) in [7, 11) is 0. The van der Waals surface area contributed by atoms with Gasteiger partial charge in [-0.25, -0.2) is 4.79 Å². The standard InChI is InChI=1S/C14H22N2O2/c1-12-5-9-16(14(17)15-12)8-3-2-4-13-6-10-18-11-7-13/h5,9,13H,2-4,6-8,10-11H2,1H3. The van der Waals surface area contributed by atoms with Crippen LogP contribution in [0.2, 0.25) is 0 Å². The molecule has 1 aromatic heterocycles. The van der Waals surface area contributed by atoms with Crippen molar-refractivity contribution in [2.24, 2.45) is 5.92 Å². The Bertz CT molecular complexity index is 422. The Balaban J connectivity index is 1.70. The van der Waals surface area contributed by atoms with Crippen LogP contribution in [-0.2, 0) is 11.3 Å². The minimum absolute atomic E-state index is 0.124. The summed E-state index contributed by atoms with van der Waals surface area (Å²) >= 11 is 0. The molecule has 0 radical (unpaired) electrons. The van der Waals surface area contributed by atoms with E-state index in [1.54, 1.807) is 4.57 Å². The monoisotopic (exact) mass is 250 g/mol. The second-order valence-corrected chi connectivity index (χ2v) is 5.10. The van der Waals surface area contributed by atoms with E-state index in [4.69, 9.17) is 4.74 Å². The van der Waals surface area contributed by atoms with E-state index >= 15 is 0 Å². The van der Waals surface area contributed by atoms with Gasteiger partial charge in [-0.1, -0.05) is 12.8 Å². The first-order valence-electron chi connectivity index (χ1n) is 6.87. The van der Waals surface area contributed by atoms with E-state index in [-0.39, 0.29) is 5.69 Å². The second-order valence-electron chi connectivity index (χ2n) is 5.10. The lowest BCUT2D eigenvalue weighted by Gasteiger charge is -2.21. The van der Waals surface area contributed by atoms with Crippen LogP contribution in [0.1, 0.15) is 37.8 Å². The summed E-state index contributed by atoms with van der Waals surface area (Å²) in [6, 6.07) is 1.89. The molecule has 0 spiro atoms. The van der Waals surface area contributed by atoms with E-state index in [9.17, 15) is 4.79 Å². The van der Waals surface area contributed by atoms with Crippen LogP contribution in [0.3, 0.4) is 0 Å². The van der Waals surface area contributed by atoms with Crippen LogP contribution < -0.4 is 5.69 Å². The summed E-state index contributed by atoms with van der Waals surface area (Å²) in [4.78, 5) is 15.5. The smallest absolute Gasteiger partial charge is 0.347 e. The summed E-state index contributed by atoms with van der Waals surface area (Å²) in [6.07, 6.45) is 7.75. The van der Waals surface area contributed by atoms with Crippen molar-refractivity contribution in [1.29, 1.82) is 0 Å². The number of unbranched alkanes of at least 4 members (excludes halogenated alkanes) is 1.